The monoisotopic (exact) mass is 328 g/mol. The molecule has 0 aromatic carbocycles. The van der Waals surface area contributed by atoms with Crippen molar-refractivity contribution < 1.29 is 19.1 Å². The van der Waals surface area contributed by atoms with Crippen LogP contribution < -0.4 is 0 Å². The van der Waals surface area contributed by atoms with Crippen LogP contribution in [0.5, 0.6) is 0 Å². The molecule has 3 atom stereocenters. The molecule has 0 saturated carbocycles. The average Bonchev–Trinajstić information content (AvgIpc) is 2.82. The third-order valence-electron chi connectivity index (χ3n) is 4.73. The number of esters is 1. The van der Waals surface area contributed by atoms with Crippen LogP contribution in [0, 0.1) is 11.8 Å². The predicted molar refractivity (Wildman–Crippen MR) is 92.2 cm³/mol. The summed E-state index contributed by atoms with van der Waals surface area (Å²) in [5.41, 5.74) is 2.51. The molecule has 2 bridgehead atoms. The SMILES string of the molecule is C=C(C)[C@@H]1CCC2=C[C@@H](OC2=O)[C@@H](C(=C)C)C(=O)C=C(C)C(=O)C1. The van der Waals surface area contributed by atoms with E-state index in [9.17, 15) is 14.4 Å². The van der Waals surface area contributed by atoms with Crippen molar-refractivity contribution in [2.24, 2.45) is 11.8 Å². The Hall–Kier alpha value is -2.23. The molecule has 2 aliphatic rings. The van der Waals surface area contributed by atoms with Crippen molar-refractivity contribution in [2.75, 3.05) is 0 Å². The zero-order valence-electron chi connectivity index (χ0n) is 14.6. The number of allylic oxidation sites excluding steroid dienone is 3. The Morgan fingerprint density at radius 1 is 1.17 bits per heavy atom. The molecular weight excluding hydrogens is 304 g/mol. The second kappa shape index (κ2) is 7.12. The second-order valence-electron chi connectivity index (χ2n) is 6.82. The van der Waals surface area contributed by atoms with Gasteiger partial charge in [0.25, 0.3) is 0 Å². The van der Waals surface area contributed by atoms with E-state index < -0.39 is 12.0 Å². The minimum atomic E-state index is -0.648. The molecule has 4 nitrogen and oxygen atoms in total. The van der Waals surface area contributed by atoms with Gasteiger partial charge in [0, 0.05) is 12.0 Å². The van der Waals surface area contributed by atoms with Crippen LogP contribution in [-0.4, -0.2) is 23.6 Å². The Labute approximate surface area is 143 Å². The first-order valence-electron chi connectivity index (χ1n) is 8.18. The van der Waals surface area contributed by atoms with Crippen molar-refractivity contribution in [1.82, 2.24) is 0 Å². The van der Waals surface area contributed by atoms with Crippen LogP contribution in [0.15, 0.2) is 47.6 Å². The van der Waals surface area contributed by atoms with E-state index in [1.807, 2.05) is 6.92 Å². The van der Waals surface area contributed by atoms with E-state index in [2.05, 4.69) is 13.2 Å². The van der Waals surface area contributed by atoms with E-state index in [1.165, 1.54) is 6.08 Å². The van der Waals surface area contributed by atoms with E-state index in [0.717, 1.165) is 5.57 Å². The largest absolute Gasteiger partial charge is 0.454 e. The van der Waals surface area contributed by atoms with E-state index in [1.54, 1.807) is 19.9 Å². The van der Waals surface area contributed by atoms with E-state index >= 15 is 0 Å². The fourth-order valence-electron chi connectivity index (χ4n) is 3.16. The maximum Gasteiger partial charge on any atom is 0.334 e. The molecule has 0 aromatic heterocycles. The number of fused-ring (bicyclic) bond motifs is 1. The van der Waals surface area contributed by atoms with Gasteiger partial charge in [0.2, 0.25) is 0 Å². The smallest absolute Gasteiger partial charge is 0.334 e. The molecule has 1 aliphatic carbocycles. The number of carbonyl (C=O) groups excluding carboxylic acids is 3. The van der Waals surface area contributed by atoms with Gasteiger partial charge < -0.3 is 4.74 Å². The Morgan fingerprint density at radius 2 is 1.83 bits per heavy atom. The molecule has 0 radical (unpaired) electrons. The summed E-state index contributed by atoms with van der Waals surface area (Å²) in [7, 11) is 0. The summed E-state index contributed by atoms with van der Waals surface area (Å²) in [6, 6.07) is 0. The van der Waals surface area contributed by atoms with Crippen molar-refractivity contribution in [3.63, 3.8) is 0 Å². The predicted octanol–water partition coefficient (Wildman–Crippen LogP) is 3.49. The van der Waals surface area contributed by atoms with Crippen molar-refractivity contribution in [1.29, 1.82) is 0 Å². The van der Waals surface area contributed by atoms with Crippen LogP contribution in [0.1, 0.15) is 40.0 Å². The lowest BCUT2D eigenvalue weighted by atomic mass is 9.85. The molecule has 0 fully saturated rings. The van der Waals surface area contributed by atoms with Crippen LogP contribution in [0.25, 0.3) is 0 Å². The van der Waals surface area contributed by atoms with Crippen LogP contribution >= 0.6 is 0 Å². The van der Waals surface area contributed by atoms with Gasteiger partial charge in [0.05, 0.1) is 5.92 Å². The normalized spacial score (nSPS) is 28.3. The van der Waals surface area contributed by atoms with Gasteiger partial charge in [-0.15, -0.1) is 0 Å². The van der Waals surface area contributed by atoms with Gasteiger partial charge in [0.15, 0.2) is 11.6 Å². The van der Waals surface area contributed by atoms with E-state index in [4.69, 9.17) is 4.74 Å². The zero-order valence-corrected chi connectivity index (χ0v) is 14.6. The lowest BCUT2D eigenvalue weighted by Gasteiger charge is -2.20. The van der Waals surface area contributed by atoms with Crippen molar-refractivity contribution in [3.8, 4) is 0 Å². The molecule has 24 heavy (non-hydrogen) atoms. The molecule has 0 saturated heterocycles. The van der Waals surface area contributed by atoms with Crippen LogP contribution in [0.4, 0.5) is 0 Å². The summed E-state index contributed by atoms with van der Waals surface area (Å²) in [6.45, 7) is 13.1. The standard InChI is InChI=1S/C20H24O4/c1-11(2)14-6-7-15-10-18(24-20(15)23)19(12(3)4)17(22)8-13(5)16(21)9-14/h8,10,14,18-19H,1,3,6-7,9H2,2,4-5H3/t14-,18-,19+/m1/s1. The van der Waals surface area contributed by atoms with Gasteiger partial charge in [0.1, 0.15) is 6.10 Å². The van der Waals surface area contributed by atoms with Gasteiger partial charge in [-0.05, 0) is 57.3 Å². The number of carbonyl (C=O) groups is 3. The van der Waals surface area contributed by atoms with Crippen molar-refractivity contribution in [3.05, 3.63) is 47.6 Å². The lowest BCUT2D eigenvalue weighted by molar-refractivity contribution is -0.142. The molecule has 0 unspecified atom stereocenters. The van der Waals surface area contributed by atoms with Gasteiger partial charge in [-0.2, -0.15) is 0 Å². The first-order chi connectivity index (χ1) is 11.2. The summed E-state index contributed by atoms with van der Waals surface area (Å²) < 4.78 is 5.39. The molecule has 0 N–H and O–H groups in total. The zero-order chi connectivity index (χ0) is 18.0. The molecule has 0 aromatic rings. The second-order valence-corrected chi connectivity index (χ2v) is 6.82. The molecule has 0 amide bonds. The number of hydrogen-bond donors (Lipinski definition) is 0. The fraction of sp³-hybridized carbons (Fsp3) is 0.450. The maximum atomic E-state index is 12.6. The highest BCUT2D eigenvalue weighted by atomic mass is 16.5. The molecule has 128 valence electrons. The van der Waals surface area contributed by atoms with Crippen molar-refractivity contribution in [2.45, 2.75) is 46.1 Å². The summed E-state index contributed by atoms with van der Waals surface area (Å²) in [4.78, 5) is 37.1. The third-order valence-corrected chi connectivity index (χ3v) is 4.73. The van der Waals surface area contributed by atoms with Gasteiger partial charge in [-0.3, -0.25) is 9.59 Å². The van der Waals surface area contributed by atoms with E-state index in [0.29, 0.717) is 36.0 Å². The van der Waals surface area contributed by atoms with Gasteiger partial charge in [-0.1, -0.05) is 24.3 Å². The Balaban J connectivity index is 2.43. The molecule has 1 aliphatic heterocycles. The van der Waals surface area contributed by atoms with Crippen LogP contribution in [-0.2, 0) is 19.1 Å². The molecule has 1 heterocycles. The Kier molecular flexibility index (Phi) is 5.37. The molecular formula is C20H24O4. The molecule has 0 spiro atoms. The third kappa shape index (κ3) is 3.81. The molecule has 2 rings (SSSR count). The summed E-state index contributed by atoms with van der Waals surface area (Å²) in [5, 5.41) is 0. The highest BCUT2D eigenvalue weighted by Gasteiger charge is 2.36. The van der Waals surface area contributed by atoms with Gasteiger partial charge in [-0.25, -0.2) is 4.79 Å². The van der Waals surface area contributed by atoms with Crippen LogP contribution in [0.2, 0.25) is 0 Å². The van der Waals surface area contributed by atoms with Crippen molar-refractivity contribution >= 4 is 17.5 Å². The first kappa shape index (κ1) is 18.1. The van der Waals surface area contributed by atoms with Gasteiger partial charge >= 0.3 is 5.97 Å². The average molecular weight is 328 g/mol. The van der Waals surface area contributed by atoms with Crippen LogP contribution in [0.3, 0.4) is 0 Å². The highest BCUT2D eigenvalue weighted by Crippen LogP contribution is 2.31. The quantitative estimate of drug-likeness (QED) is 0.575. The minimum Gasteiger partial charge on any atom is -0.454 e. The Morgan fingerprint density at radius 3 is 2.42 bits per heavy atom. The number of hydrogen-bond acceptors (Lipinski definition) is 4. The first-order valence-corrected chi connectivity index (χ1v) is 8.18. The number of Topliss-reactive ketones (excluding diaryl/α,β-unsaturated/α-hetero) is 1. The maximum absolute atomic E-state index is 12.6. The fourth-order valence-corrected chi connectivity index (χ4v) is 3.16. The summed E-state index contributed by atoms with van der Waals surface area (Å²) in [5.74, 6) is -1.36. The summed E-state index contributed by atoms with van der Waals surface area (Å²) >= 11 is 0. The number of ether oxygens (including phenoxy) is 1. The highest BCUT2D eigenvalue weighted by molar-refractivity contribution is 6.04. The molecule has 4 heteroatoms. The Bertz CT molecular complexity index is 678. The summed E-state index contributed by atoms with van der Waals surface area (Å²) in [6.07, 6.45) is 3.93. The lowest BCUT2D eigenvalue weighted by Crippen LogP contribution is -2.28. The number of rotatable bonds is 2. The number of ketones is 2. The minimum absolute atomic E-state index is 0.0138. The topological polar surface area (TPSA) is 60.4 Å². The van der Waals surface area contributed by atoms with E-state index in [-0.39, 0.29) is 23.5 Å².